The molecule has 7 rings (SSSR count). The van der Waals surface area contributed by atoms with Gasteiger partial charge in [-0.25, -0.2) is 14.8 Å². The number of hydrogen-bond acceptors (Lipinski definition) is 9. The van der Waals surface area contributed by atoms with Crippen LogP contribution in [0.2, 0.25) is 0 Å². The molecule has 3 saturated heterocycles. The van der Waals surface area contributed by atoms with Crippen LogP contribution in [0.3, 0.4) is 0 Å². The van der Waals surface area contributed by atoms with Crippen molar-refractivity contribution in [3.63, 3.8) is 0 Å². The smallest absolute Gasteiger partial charge is 0.349 e. The minimum atomic E-state index is -0.921. The van der Waals surface area contributed by atoms with Crippen molar-refractivity contribution in [2.24, 2.45) is 0 Å². The average Bonchev–Trinajstić information content (AvgIpc) is 3.40. The van der Waals surface area contributed by atoms with Gasteiger partial charge in [0.1, 0.15) is 11.9 Å². The van der Waals surface area contributed by atoms with E-state index in [1.807, 2.05) is 24.4 Å². The molecule has 2 bridgehead atoms. The standard InChI is InChI=1S/C29H32N8O3/c1-29(2,39)8-9-34-18-24(27-21(11-30)14-33-37(27)28(34)38)20-5-6-25(31-13-20)35-16-22-10-23(17-35)36(22)15-19-4-7-26(40-3)32-12-19/h4-7,12-14,18,22-23,39H,8-10,15-17H2,1-3H3. The summed E-state index contributed by atoms with van der Waals surface area (Å²) >= 11 is 0. The quantitative estimate of drug-likeness (QED) is 0.359. The maximum Gasteiger partial charge on any atom is 0.349 e. The van der Waals surface area contributed by atoms with Crippen molar-refractivity contribution in [1.82, 2.24) is 29.0 Å². The number of aryl methyl sites for hydroxylation is 1. The molecule has 2 unspecified atom stereocenters. The topological polar surface area (TPSA) is 125 Å². The predicted molar refractivity (Wildman–Crippen MR) is 149 cm³/mol. The van der Waals surface area contributed by atoms with E-state index in [-0.39, 0.29) is 5.69 Å². The number of piperidine rings is 1. The minimum Gasteiger partial charge on any atom is -0.481 e. The molecule has 3 aliphatic heterocycles. The van der Waals surface area contributed by atoms with Gasteiger partial charge in [-0.3, -0.25) is 9.47 Å². The number of hydrogen-bond donors (Lipinski definition) is 1. The summed E-state index contributed by atoms with van der Waals surface area (Å²) in [5, 5.41) is 24.0. The first-order valence-corrected chi connectivity index (χ1v) is 13.4. The summed E-state index contributed by atoms with van der Waals surface area (Å²) in [5.41, 5.74) is 2.19. The lowest BCUT2D eigenvalue weighted by Crippen LogP contribution is -2.68. The number of rotatable bonds is 8. The van der Waals surface area contributed by atoms with Crippen molar-refractivity contribution in [3.05, 3.63) is 70.7 Å². The first-order chi connectivity index (χ1) is 19.2. The largest absolute Gasteiger partial charge is 0.481 e. The van der Waals surface area contributed by atoms with Crippen LogP contribution in [0.1, 0.15) is 37.8 Å². The van der Waals surface area contributed by atoms with E-state index >= 15 is 0 Å². The molecule has 206 valence electrons. The lowest BCUT2D eigenvalue weighted by molar-refractivity contribution is -0.00876. The van der Waals surface area contributed by atoms with E-state index in [4.69, 9.17) is 9.72 Å². The highest BCUT2D eigenvalue weighted by Crippen LogP contribution is 2.36. The Bertz CT molecular complexity index is 1620. The Morgan fingerprint density at radius 2 is 1.93 bits per heavy atom. The number of aromatic nitrogens is 5. The molecule has 1 N–H and O–H groups in total. The molecule has 0 amide bonds. The van der Waals surface area contributed by atoms with Gasteiger partial charge in [0.25, 0.3) is 0 Å². The van der Waals surface area contributed by atoms with Gasteiger partial charge in [-0.1, -0.05) is 6.07 Å². The van der Waals surface area contributed by atoms with Crippen molar-refractivity contribution in [1.29, 1.82) is 5.26 Å². The van der Waals surface area contributed by atoms with E-state index in [1.54, 1.807) is 33.4 Å². The first-order valence-electron chi connectivity index (χ1n) is 13.4. The second-order valence-electron chi connectivity index (χ2n) is 11.2. The molecular formula is C29H32N8O3. The van der Waals surface area contributed by atoms with Gasteiger partial charge in [-0.2, -0.15) is 14.9 Å². The molecule has 3 fully saturated rings. The number of methoxy groups -OCH3 is 1. The van der Waals surface area contributed by atoms with Crippen molar-refractivity contribution < 1.29 is 9.84 Å². The highest BCUT2D eigenvalue weighted by molar-refractivity contribution is 5.83. The number of piperazine rings is 1. The highest BCUT2D eigenvalue weighted by atomic mass is 16.5. The fraction of sp³-hybridized carbons (Fsp3) is 0.414. The molecule has 4 aromatic rings. The number of nitrogens with zero attached hydrogens (tertiary/aromatic N) is 8. The molecule has 3 aliphatic rings. The molecule has 2 atom stereocenters. The number of aliphatic hydroxyl groups is 1. The third-order valence-electron chi connectivity index (χ3n) is 7.92. The van der Waals surface area contributed by atoms with E-state index in [0.29, 0.717) is 47.6 Å². The molecule has 7 heterocycles. The zero-order valence-electron chi connectivity index (χ0n) is 22.9. The Kier molecular flexibility index (Phi) is 6.52. The summed E-state index contributed by atoms with van der Waals surface area (Å²) in [5.74, 6) is 1.53. The van der Waals surface area contributed by atoms with E-state index in [9.17, 15) is 15.2 Å². The normalized spacial score (nSPS) is 18.9. The summed E-state index contributed by atoms with van der Waals surface area (Å²) in [6.07, 6.45) is 8.41. The van der Waals surface area contributed by atoms with Gasteiger partial charge in [0.15, 0.2) is 0 Å². The molecule has 0 aromatic carbocycles. The van der Waals surface area contributed by atoms with E-state index < -0.39 is 5.60 Å². The Labute approximate surface area is 231 Å². The van der Waals surface area contributed by atoms with Gasteiger partial charge < -0.3 is 14.7 Å². The highest BCUT2D eigenvalue weighted by Gasteiger charge is 2.44. The molecule has 0 radical (unpaired) electrons. The van der Waals surface area contributed by atoms with Crippen molar-refractivity contribution in [2.45, 2.75) is 57.5 Å². The van der Waals surface area contributed by atoms with Crippen molar-refractivity contribution >= 4 is 11.3 Å². The molecule has 40 heavy (non-hydrogen) atoms. The molecule has 0 saturated carbocycles. The maximum atomic E-state index is 13.1. The molecule has 4 aromatic heterocycles. The van der Waals surface area contributed by atoms with Crippen LogP contribution in [0.5, 0.6) is 5.88 Å². The van der Waals surface area contributed by atoms with Gasteiger partial charge in [-0.05, 0) is 44.4 Å². The molecule has 0 spiro atoms. The monoisotopic (exact) mass is 540 g/mol. The van der Waals surface area contributed by atoms with Gasteiger partial charge >= 0.3 is 5.69 Å². The number of fused-ring (bicyclic) bond motifs is 3. The summed E-state index contributed by atoms with van der Waals surface area (Å²) in [4.78, 5) is 27.0. The fourth-order valence-electron chi connectivity index (χ4n) is 5.69. The Hall–Kier alpha value is -4.27. The summed E-state index contributed by atoms with van der Waals surface area (Å²) in [7, 11) is 1.62. The number of pyridine rings is 2. The lowest BCUT2D eigenvalue weighted by atomic mass is 9.87. The Morgan fingerprint density at radius 3 is 2.55 bits per heavy atom. The minimum absolute atomic E-state index is 0.318. The first kappa shape index (κ1) is 26.0. The third-order valence-corrected chi connectivity index (χ3v) is 7.92. The van der Waals surface area contributed by atoms with Crippen LogP contribution in [-0.2, 0) is 13.1 Å². The van der Waals surface area contributed by atoms with Crippen LogP contribution in [0.15, 0.2) is 53.8 Å². The van der Waals surface area contributed by atoms with Crippen LogP contribution in [0, 0.1) is 11.3 Å². The van der Waals surface area contributed by atoms with Gasteiger partial charge in [0.05, 0.1) is 30.0 Å². The Balaban J connectivity index is 1.22. The fourth-order valence-corrected chi connectivity index (χ4v) is 5.69. The van der Waals surface area contributed by atoms with E-state index in [0.717, 1.165) is 31.0 Å². The Morgan fingerprint density at radius 1 is 1.12 bits per heavy atom. The van der Waals surface area contributed by atoms with Crippen molar-refractivity contribution in [2.75, 3.05) is 25.1 Å². The van der Waals surface area contributed by atoms with Gasteiger partial charge in [-0.15, -0.1) is 0 Å². The SMILES string of the molecule is COc1ccc(CN2C3CC2CN(c2ccc(-c4cn(CCC(C)(C)O)c(=O)n5ncc(C#N)c45)cn2)C3)cn1. The van der Waals surface area contributed by atoms with Crippen LogP contribution in [0.4, 0.5) is 5.82 Å². The lowest BCUT2D eigenvalue weighted by Gasteiger charge is -2.56. The maximum absolute atomic E-state index is 13.1. The summed E-state index contributed by atoms with van der Waals surface area (Å²) in [6, 6.07) is 11.0. The van der Waals surface area contributed by atoms with Crippen LogP contribution < -0.4 is 15.3 Å². The molecule has 11 heteroatoms. The van der Waals surface area contributed by atoms with Crippen LogP contribution >= 0.6 is 0 Å². The number of nitriles is 1. The zero-order valence-corrected chi connectivity index (χ0v) is 22.9. The average molecular weight is 541 g/mol. The van der Waals surface area contributed by atoms with Crippen molar-refractivity contribution in [3.8, 4) is 23.1 Å². The third kappa shape index (κ3) is 4.80. The van der Waals surface area contributed by atoms with Gasteiger partial charge in [0, 0.05) is 74.0 Å². The number of ether oxygens (including phenoxy) is 1. The second kappa shape index (κ2) is 10.0. The zero-order chi connectivity index (χ0) is 28.0. The van der Waals surface area contributed by atoms with Gasteiger partial charge in [0.2, 0.25) is 5.88 Å². The predicted octanol–water partition coefficient (Wildman–Crippen LogP) is 2.46. The molecule has 11 nitrogen and oxygen atoms in total. The van der Waals surface area contributed by atoms with E-state index in [1.165, 1.54) is 27.3 Å². The second-order valence-corrected chi connectivity index (χ2v) is 11.2. The van der Waals surface area contributed by atoms with E-state index in [2.05, 4.69) is 32.0 Å². The summed E-state index contributed by atoms with van der Waals surface area (Å²) < 4.78 is 7.97. The molecular weight excluding hydrogens is 508 g/mol. The number of anilines is 1. The molecule has 0 aliphatic carbocycles. The van der Waals surface area contributed by atoms with Crippen LogP contribution in [0.25, 0.3) is 16.6 Å². The van der Waals surface area contributed by atoms with Crippen LogP contribution in [-0.4, -0.2) is 72.0 Å². The summed E-state index contributed by atoms with van der Waals surface area (Å²) in [6.45, 7) is 6.42.